The van der Waals surface area contributed by atoms with E-state index < -0.39 is 11.7 Å². The number of aryl methyl sites for hydroxylation is 1. The first kappa shape index (κ1) is 15.6. The number of halogens is 4. The van der Waals surface area contributed by atoms with Gasteiger partial charge in [0, 0.05) is 16.0 Å². The number of carbonyl (C=O) groups excluding carboxylic acids is 1. The first-order valence-electron chi connectivity index (χ1n) is 6.76. The number of alkyl halides is 3. The van der Waals surface area contributed by atoms with E-state index in [-0.39, 0.29) is 0 Å². The van der Waals surface area contributed by atoms with Crippen LogP contribution in [0, 0.1) is 6.92 Å². The maximum Gasteiger partial charge on any atom is 0.416 e. The van der Waals surface area contributed by atoms with Crippen LogP contribution in [0.1, 0.15) is 21.5 Å². The van der Waals surface area contributed by atoms with Crippen LogP contribution in [-0.4, -0.2) is 11.3 Å². The Morgan fingerprint density at radius 1 is 1.17 bits per heavy atom. The van der Waals surface area contributed by atoms with Gasteiger partial charge in [-0.3, -0.25) is 4.79 Å². The number of aromatic nitrogens is 1. The first-order chi connectivity index (χ1) is 10.8. The van der Waals surface area contributed by atoms with Crippen molar-refractivity contribution >= 4 is 28.8 Å². The molecule has 6 heteroatoms. The minimum absolute atomic E-state index is 0.300. The molecular formula is C17H11ClF3NO. The van der Waals surface area contributed by atoms with E-state index in [1.165, 1.54) is 12.1 Å². The molecule has 1 heterocycles. The molecule has 118 valence electrons. The van der Waals surface area contributed by atoms with Gasteiger partial charge < -0.3 is 4.98 Å². The van der Waals surface area contributed by atoms with Crippen LogP contribution in [0.5, 0.6) is 0 Å². The molecule has 23 heavy (non-hydrogen) atoms. The zero-order chi connectivity index (χ0) is 16.8. The number of aromatic amines is 1. The van der Waals surface area contributed by atoms with E-state index in [0.29, 0.717) is 39.0 Å². The monoisotopic (exact) mass is 337 g/mol. The fraction of sp³-hybridized carbons (Fsp3) is 0.118. The lowest BCUT2D eigenvalue weighted by Gasteiger charge is -2.08. The van der Waals surface area contributed by atoms with Gasteiger partial charge >= 0.3 is 6.18 Å². The molecule has 3 rings (SSSR count). The average molecular weight is 338 g/mol. The van der Waals surface area contributed by atoms with Gasteiger partial charge in [0.15, 0.2) is 6.29 Å². The summed E-state index contributed by atoms with van der Waals surface area (Å²) in [6, 6.07) is 8.21. The van der Waals surface area contributed by atoms with Gasteiger partial charge in [-0.15, -0.1) is 0 Å². The lowest BCUT2D eigenvalue weighted by Crippen LogP contribution is -2.04. The van der Waals surface area contributed by atoms with Crippen molar-refractivity contribution in [2.45, 2.75) is 13.1 Å². The van der Waals surface area contributed by atoms with Gasteiger partial charge in [0.1, 0.15) is 0 Å². The molecule has 0 unspecified atom stereocenters. The average Bonchev–Trinajstić information content (AvgIpc) is 2.89. The highest BCUT2D eigenvalue weighted by Crippen LogP contribution is 2.36. The molecule has 0 spiro atoms. The lowest BCUT2D eigenvalue weighted by molar-refractivity contribution is -0.137. The Labute approximate surface area is 134 Å². The van der Waals surface area contributed by atoms with E-state index in [1.807, 2.05) is 0 Å². The molecule has 0 saturated carbocycles. The van der Waals surface area contributed by atoms with Crippen molar-refractivity contribution in [3.8, 4) is 11.3 Å². The SMILES string of the molecule is Cc1c(Cl)ccc2c(C=O)c(-c3cccc(C(F)(F)F)c3)[nH]c12. The highest BCUT2D eigenvalue weighted by atomic mass is 35.5. The number of hydrogen-bond acceptors (Lipinski definition) is 1. The Hall–Kier alpha value is -2.27. The van der Waals surface area contributed by atoms with Gasteiger partial charge in [-0.25, -0.2) is 0 Å². The summed E-state index contributed by atoms with van der Waals surface area (Å²) in [6.07, 6.45) is -3.80. The highest BCUT2D eigenvalue weighted by Gasteiger charge is 2.30. The summed E-state index contributed by atoms with van der Waals surface area (Å²) in [5.74, 6) is 0. The second kappa shape index (κ2) is 5.42. The van der Waals surface area contributed by atoms with E-state index in [0.717, 1.165) is 17.7 Å². The van der Waals surface area contributed by atoms with E-state index >= 15 is 0 Å². The Kier molecular flexibility index (Phi) is 3.68. The summed E-state index contributed by atoms with van der Waals surface area (Å²) in [5, 5.41) is 1.15. The van der Waals surface area contributed by atoms with Crippen LogP contribution in [-0.2, 0) is 6.18 Å². The number of benzene rings is 2. The quantitative estimate of drug-likeness (QED) is 0.604. The van der Waals surface area contributed by atoms with Gasteiger partial charge in [-0.05, 0) is 36.2 Å². The Bertz CT molecular complexity index is 912. The second-order valence-electron chi connectivity index (χ2n) is 5.21. The van der Waals surface area contributed by atoms with Gasteiger partial charge in [-0.1, -0.05) is 29.8 Å². The number of aldehydes is 1. The Morgan fingerprint density at radius 2 is 1.91 bits per heavy atom. The molecule has 0 saturated heterocycles. The smallest absolute Gasteiger partial charge is 0.354 e. The second-order valence-corrected chi connectivity index (χ2v) is 5.61. The third-order valence-electron chi connectivity index (χ3n) is 3.80. The summed E-state index contributed by atoms with van der Waals surface area (Å²) in [5.41, 5.74) is 1.59. The van der Waals surface area contributed by atoms with Crippen molar-refractivity contribution in [3.63, 3.8) is 0 Å². The predicted molar refractivity (Wildman–Crippen MR) is 83.9 cm³/mol. The van der Waals surface area contributed by atoms with Crippen molar-refractivity contribution in [1.82, 2.24) is 4.98 Å². The molecule has 1 N–H and O–H groups in total. The predicted octanol–water partition coefficient (Wildman–Crippen LogP) is 5.63. The van der Waals surface area contributed by atoms with Crippen LogP contribution in [0.2, 0.25) is 5.02 Å². The summed E-state index contributed by atoms with van der Waals surface area (Å²) in [4.78, 5) is 14.5. The molecule has 0 aliphatic carbocycles. The largest absolute Gasteiger partial charge is 0.416 e. The van der Waals surface area contributed by atoms with Crippen LogP contribution < -0.4 is 0 Å². The number of fused-ring (bicyclic) bond motifs is 1. The topological polar surface area (TPSA) is 32.9 Å². The molecule has 0 amide bonds. The van der Waals surface area contributed by atoms with Crippen LogP contribution in [0.4, 0.5) is 13.2 Å². The summed E-state index contributed by atoms with van der Waals surface area (Å²) in [6.45, 7) is 1.78. The molecule has 3 aromatic rings. The molecule has 2 aromatic carbocycles. The van der Waals surface area contributed by atoms with Gasteiger partial charge in [-0.2, -0.15) is 13.2 Å². The highest BCUT2D eigenvalue weighted by molar-refractivity contribution is 6.32. The molecule has 0 fully saturated rings. The van der Waals surface area contributed by atoms with Crippen LogP contribution in [0.15, 0.2) is 36.4 Å². The Morgan fingerprint density at radius 3 is 2.57 bits per heavy atom. The zero-order valence-electron chi connectivity index (χ0n) is 12.0. The van der Waals surface area contributed by atoms with Crippen molar-refractivity contribution in [1.29, 1.82) is 0 Å². The normalized spacial score (nSPS) is 11.9. The minimum Gasteiger partial charge on any atom is -0.354 e. The number of nitrogens with one attached hydrogen (secondary N) is 1. The number of carbonyl (C=O) groups is 1. The van der Waals surface area contributed by atoms with Crippen molar-refractivity contribution in [2.75, 3.05) is 0 Å². The van der Waals surface area contributed by atoms with E-state index in [1.54, 1.807) is 19.1 Å². The maximum atomic E-state index is 12.9. The zero-order valence-corrected chi connectivity index (χ0v) is 12.7. The molecule has 1 aromatic heterocycles. The van der Waals surface area contributed by atoms with Crippen molar-refractivity contribution in [2.24, 2.45) is 0 Å². The number of rotatable bonds is 2. The van der Waals surface area contributed by atoms with E-state index in [4.69, 9.17) is 11.6 Å². The molecule has 0 aliphatic heterocycles. The lowest BCUT2D eigenvalue weighted by atomic mass is 10.0. The molecule has 0 radical (unpaired) electrons. The number of H-pyrrole nitrogens is 1. The first-order valence-corrected chi connectivity index (χ1v) is 7.14. The third kappa shape index (κ3) is 2.61. The molecule has 2 nitrogen and oxygen atoms in total. The molecule has 0 aliphatic rings. The van der Waals surface area contributed by atoms with E-state index in [2.05, 4.69) is 4.98 Å². The number of hydrogen-bond donors (Lipinski definition) is 1. The van der Waals surface area contributed by atoms with Gasteiger partial charge in [0.25, 0.3) is 0 Å². The van der Waals surface area contributed by atoms with E-state index in [9.17, 15) is 18.0 Å². The molecule has 0 atom stereocenters. The maximum absolute atomic E-state index is 12.9. The standard InChI is InChI=1S/C17H11ClF3NO/c1-9-14(18)6-5-12-13(8-23)16(22-15(9)12)10-3-2-4-11(7-10)17(19,20)21/h2-8,22H,1H3. The fourth-order valence-electron chi connectivity index (χ4n) is 2.60. The minimum atomic E-state index is -4.44. The summed E-state index contributed by atoms with van der Waals surface area (Å²) < 4.78 is 38.7. The van der Waals surface area contributed by atoms with Crippen LogP contribution in [0.25, 0.3) is 22.2 Å². The summed E-state index contributed by atoms with van der Waals surface area (Å²) in [7, 11) is 0. The van der Waals surface area contributed by atoms with Crippen LogP contribution >= 0.6 is 11.6 Å². The van der Waals surface area contributed by atoms with Crippen molar-refractivity contribution < 1.29 is 18.0 Å². The van der Waals surface area contributed by atoms with Crippen molar-refractivity contribution in [3.05, 3.63) is 58.1 Å². The fourth-order valence-corrected chi connectivity index (χ4v) is 2.76. The van der Waals surface area contributed by atoms with Gasteiger partial charge in [0.2, 0.25) is 0 Å². The third-order valence-corrected chi connectivity index (χ3v) is 4.21. The summed E-state index contributed by atoms with van der Waals surface area (Å²) >= 11 is 6.07. The Balaban J connectivity index is 2.28. The van der Waals surface area contributed by atoms with Gasteiger partial charge in [0.05, 0.1) is 16.8 Å². The van der Waals surface area contributed by atoms with Crippen LogP contribution in [0.3, 0.4) is 0 Å². The molecule has 0 bridgehead atoms. The molecular weight excluding hydrogens is 327 g/mol.